The van der Waals surface area contributed by atoms with Crippen molar-refractivity contribution in [1.82, 2.24) is 4.98 Å². The van der Waals surface area contributed by atoms with Gasteiger partial charge in [-0.25, -0.2) is 9.38 Å². The summed E-state index contributed by atoms with van der Waals surface area (Å²) in [5.74, 6) is 0.131. The highest BCUT2D eigenvalue weighted by Crippen LogP contribution is 2.25. The summed E-state index contributed by atoms with van der Waals surface area (Å²) in [7, 11) is 0. The number of fused-ring (bicyclic) bond motifs is 1. The number of anilines is 1. The minimum Gasteiger partial charge on any atom is -0.457 e. The van der Waals surface area contributed by atoms with E-state index < -0.39 is 11.7 Å². The van der Waals surface area contributed by atoms with Gasteiger partial charge in [0.25, 0.3) is 5.91 Å². The zero-order valence-electron chi connectivity index (χ0n) is 19.8. The number of ether oxygens (including phenoxy) is 1. The fourth-order valence-electron chi connectivity index (χ4n) is 3.74. The van der Waals surface area contributed by atoms with Crippen LogP contribution in [0.2, 0.25) is 0 Å². The van der Waals surface area contributed by atoms with Crippen LogP contribution in [0.4, 0.5) is 15.8 Å². The molecule has 1 amide bonds. The minimum atomic E-state index is -0.614. The molecule has 184 valence electrons. The van der Waals surface area contributed by atoms with Crippen molar-refractivity contribution >= 4 is 28.3 Å². The number of aliphatic hydroxyl groups excluding tert-OH is 1. The summed E-state index contributed by atoms with van der Waals surface area (Å²) < 4.78 is 26.1. The van der Waals surface area contributed by atoms with Crippen LogP contribution >= 0.6 is 0 Å². The molecule has 0 radical (unpaired) electrons. The first-order valence-electron chi connectivity index (χ1n) is 11.5. The zero-order valence-corrected chi connectivity index (χ0v) is 19.8. The molecule has 8 heteroatoms. The number of amides is 1. The average molecular weight is 496 g/mol. The Labute approximate surface area is 211 Å². The van der Waals surface area contributed by atoms with Crippen molar-refractivity contribution in [3.63, 3.8) is 0 Å². The maximum Gasteiger partial charge on any atom is 0.261 e. The van der Waals surface area contributed by atoms with Gasteiger partial charge in [-0.2, -0.15) is 0 Å². The molecule has 2 aromatic heterocycles. The van der Waals surface area contributed by atoms with E-state index in [1.54, 1.807) is 43.3 Å². The summed E-state index contributed by atoms with van der Waals surface area (Å²) in [6, 6.07) is 23.8. The maximum atomic E-state index is 14.2. The molecule has 5 aromatic rings. The second-order valence-corrected chi connectivity index (χ2v) is 8.19. The third-order valence-corrected chi connectivity index (χ3v) is 5.63. The Morgan fingerprint density at radius 2 is 1.73 bits per heavy atom. The number of nitrogens with zero attached hydrogens (tertiary/aromatic N) is 2. The van der Waals surface area contributed by atoms with Gasteiger partial charge in [-0.15, -0.1) is 0 Å². The Kier molecular flexibility index (Phi) is 6.74. The molecular formula is C29H22FN3O4. The largest absolute Gasteiger partial charge is 0.457 e. The molecule has 2 N–H and O–H groups in total. The van der Waals surface area contributed by atoms with Crippen LogP contribution in [0.1, 0.15) is 21.6 Å². The van der Waals surface area contributed by atoms with E-state index in [2.05, 4.69) is 15.3 Å². The van der Waals surface area contributed by atoms with Gasteiger partial charge in [0.15, 0.2) is 5.58 Å². The number of hydrogen-bond acceptors (Lipinski definition) is 6. The van der Waals surface area contributed by atoms with E-state index in [1.807, 2.05) is 30.3 Å². The monoisotopic (exact) mass is 495 g/mol. The Balaban J connectivity index is 1.58. The average Bonchev–Trinajstić information content (AvgIpc) is 2.92. The van der Waals surface area contributed by atoms with Crippen molar-refractivity contribution in [2.24, 2.45) is 4.99 Å². The number of carbonyl (C=O) groups is 1. The topological polar surface area (TPSA) is 97.0 Å². The van der Waals surface area contributed by atoms with Crippen molar-refractivity contribution in [2.75, 3.05) is 5.32 Å². The van der Waals surface area contributed by atoms with Crippen LogP contribution < -0.4 is 15.6 Å². The van der Waals surface area contributed by atoms with Crippen LogP contribution in [-0.4, -0.2) is 16.0 Å². The molecule has 0 atom stereocenters. The summed E-state index contributed by atoms with van der Waals surface area (Å²) in [5, 5.41) is 12.9. The number of halogens is 1. The number of benzene rings is 3. The number of aliphatic hydroxyl groups is 1. The lowest BCUT2D eigenvalue weighted by Gasteiger charge is -2.10. The second-order valence-electron chi connectivity index (χ2n) is 8.19. The van der Waals surface area contributed by atoms with Gasteiger partial charge in [-0.1, -0.05) is 30.3 Å². The molecule has 0 aliphatic heterocycles. The molecule has 0 spiro atoms. The van der Waals surface area contributed by atoms with Crippen LogP contribution in [-0.2, 0) is 6.61 Å². The highest BCUT2D eigenvalue weighted by molar-refractivity contribution is 6.05. The predicted molar refractivity (Wildman–Crippen MR) is 137 cm³/mol. The molecule has 0 unspecified atom stereocenters. The summed E-state index contributed by atoms with van der Waals surface area (Å²) in [5.41, 5.74) is 2.05. The van der Waals surface area contributed by atoms with E-state index in [0.717, 1.165) is 0 Å². The highest BCUT2D eigenvalue weighted by atomic mass is 19.1. The van der Waals surface area contributed by atoms with Crippen molar-refractivity contribution < 1.29 is 23.4 Å². The number of aryl methyl sites for hydroxylation is 1. The molecule has 0 fully saturated rings. The van der Waals surface area contributed by atoms with Crippen molar-refractivity contribution in [1.29, 1.82) is 0 Å². The van der Waals surface area contributed by atoms with Crippen LogP contribution in [0.3, 0.4) is 0 Å². The Hall–Kier alpha value is -4.82. The SMILES string of the molecule is Cc1ncc(CO)c2cc(C(=O)Nc3ccccc3F)c(=Nc3ccc(Oc4ccccc4)cc3)oc12. The van der Waals surface area contributed by atoms with Gasteiger partial charge >= 0.3 is 0 Å². The van der Waals surface area contributed by atoms with E-state index in [-0.39, 0.29) is 23.4 Å². The summed E-state index contributed by atoms with van der Waals surface area (Å²) >= 11 is 0. The zero-order chi connectivity index (χ0) is 25.8. The van der Waals surface area contributed by atoms with E-state index in [4.69, 9.17) is 9.15 Å². The Morgan fingerprint density at radius 1 is 1.03 bits per heavy atom. The first-order chi connectivity index (χ1) is 18.0. The normalized spacial score (nSPS) is 11.5. The second kappa shape index (κ2) is 10.4. The smallest absolute Gasteiger partial charge is 0.261 e. The van der Waals surface area contributed by atoms with E-state index in [0.29, 0.717) is 39.4 Å². The van der Waals surface area contributed by atoms with Crippen molar-refractivity contribution in [3.8, 4) is 11.5 Å². The molecule has 0 bridgehead atoms. The van der Waals surface area contributed by atoms with E-state index in [1.165, 1.54) is 24.4 Å². The number of rotatable bonds is 6. The fraction of sp³-hybridized carbons (Fsp3) is 0.0690. The third-order valence-electron chi connectivity index (χ3n) is 5.63. The van der Waals surface area contributed by atoms with Crippen LogP contribution in [0.25, 0.3) is 11.0 Å². The van der Waals surface area contributed by atoms with Crippen LogP contribution in [0.15, 0.2) is 101 Å². The quantitative estimate of drug-likeness (QED) is 0.299. The lowest BCUT2D eigenvalue weighted by Crippen LogP contribution is -2.22. The molecule has 7 nitrogen and oxygen atoms in total. The number of hydrogen-bond donors (Lipinski definition) is 2. The number of aromatic nitrogens is 1. The van der Waals surface area contributed by atoms with Gasteiger partial charge in [0, 0.05) is 17.1 Å². The number of pyridine rings is 1. The highest BCUT2D eigenvalue weighted by Gasteiger charge is 2.17. The number of para-hydroxylation sites is 2. The molecule has 37 heavy (non-hydrogen) atoms. The third kappa shape index (κ3) is 5.24. The molecule has 5 rings (SSSR count). The standard InChI is InChI=1S/C29H22FN3O4/c1-18-27-23(19(17-34)16-31-18)15-24(28(35)33-26-10-6-5-9-25(26)30)29(37-27)32-20-11-13-22(14-12-20)36-21-7-3-2-4-8-21/h2-16,34H,17H2,1H3,(H,33,35). The molecule has 3 aromatic carbocycles. The van der Waals surface area contributed by atoms with Gasteiger partial charge in [-0.3, -0.25) is 9.78 Å². The predicted octanol–water partition coefficient (Wildman–Crippen LogP) is 6.04. The summed E-state index contributed by atoms with van der Waals surface area (Å²) in [6.07, 6.45) is 1.52. The van der Waals surface area contributed by atoms with Gasteiger partial charge < -0.3 is 19.6 Å². The first kappa shape index (κ1) is 23.9. The first-order valence-corrected chi connectivity index (χ1v) is 11.5. The lowest BCUT2D eigenvalue weighted by molar-refractivity contribution is 0.102. The summed E-state index contributed by atoms with van der Waals surface area (Å²) in [6.45, 7) is 1.46. The number of carbonyl (C=O) groups excluding carboxylic acids is 1. The van der Waals surface area contributed by atoms with Crippen LogP contribution in [0.5, 0.6) is 11.5 Å². The fourth-order valence-corrected chi connectivity index (χ4v) is 3.74. The van der Waals surface area contributed by atoms with Crippen molar-refractivity contribution in [3.05, 3.63) is 119 Å². The van der Waals surface area contributed by atoms with Gasteiger partial charge in [-0.05, 0) is 61.5 Å². The molecular weight excluding hydrogens is 473 g/mol. The lowest BCUT2D eigenvalue weighted by atomic mass is 10.1. The van der Waals surface area contributed by atoms with Gasteiger partial charge in [0.2, 0.25) is 5.55 Å². The van der Waals surface area contributed by atoms with Gasteiger partial charge in [0.1, 0.15) is 22.9 Å². The Morgan fingerprint density at radius 3 is 2.46 bits per heavy atom. The molecule has 0 saturated heterocycles. The van der Waals surface area contributed by atoms with Crippen molar-refractivity contribution in [2.45, 2.75) is 13.5 Å². The molecule has 2 heterocycles. The maximum absolute atomic E-state index is 14.2. The molecule has 0 aliphatic rings. The van der Waals surface area contributed by atoms with Gasteiger partial charge in [0.05, 0.1) is 23.7 Å². The Bertz CT molecular complexity index is 1650. The van der Waals surface area contributed by atoms with Crippen LogP contribution in [0, 0.1) is 12.7 Å². The minimum absolute atomic E-state index is 0.0121. The number of nitrogens with one attached hydrogen (secondary N) is 1. The molecule has 0 saturated carbocycles. The van der Waals surface area contributed by atoms with E-state index in [9.17, 15) is 14.3 Å². The van der Waals surface area contributed by atoms with E-state index >= 15 is 0 Å². The molecule has 0 aliphatic carbocycles. The summed E-state index contributed by atoms with van der Waals surface area (Å²) in [4.78, 5) is 22.1.